The molecule has 3 heteroatoms. The van der Waals surface area contributed by atoms with Crippen LogP contribution in [0.25, 0.3) is 0 Å². The van der Waals surface area contributed by atoms with Crippen LogP contribution in [-0.2, 0) is 5.54 Å². The Morgan fingerprint density at radius 3 is 1.92 bits per heavy atom. The summed E-state index contributed by atoms with van der Waals surface area (Å²) in [6.07, 6.45) is 0. The Kier molecular flexibility index (Phi) is 5.01. The predicted octanol–water partition coefficient (Wildman–Crippen LogP) is 3.10. The fraction of sp³-hybridized carbons (Fsp3) is 0.333. The molecular formula is C9H13I2N. The number of rotatable bonds is 1. The SMILES string of the molecule is CC(C)(N)c1ccc(I)cc1.I. The second-order valence-electron chi connectivity index (χ2n) is 3.23. The minimum absolute atomic E-state index is 0. The molecule has 0 saturated carbocycles. The normalized spacial score (nSPS) is 10.7. The first-order valence-electron chi connectivity index (χ1n) is 3.55. The van der Waals surface area contributed by atoms with E-state index in [0.717, 1.165) is 0 Å². The molecule has 0 spiro atoms. The summed E-state index contributed by atoms with van der Waals surface area (Å²) in [6.45, 7) is 4.02. The van der Waals surface area contributed by atoms with Crippen molar-refractivity contribution < 1.29 is 0 Å². The second-order valence-corrected chi connectivity index (χ2v) is 4.47. The van der Waals surface area contributed by atoms with Crippen LogP contribution in [0.1, 0.15) is 19.4 Å². The molecular weight excluding hydrogens is 376 g/mol. The fourth-order valence-electron chi connectivity index (χ4n) is 0.879. The van der Waals surface area contributed by atoms with E-state index in [1.54, 1.807) is 0 Å². The van der Waals surface area contributed by atoms with Gasteiger partial charge in [0.25, 0.3) is 0 Å². The van der Waals surface area contributed by atoms with Gasteiger partial charge < -0.3 is 5.73 Å². The van der Waals surface area contributed by atoms with Crippen molar-refractivity contribution in [3.63, 3.8) is 0 Å². The lowest BCUT2D eigenvalue weighted by Crippen LogP contribution is -2.28. The van der Waals surface area contributed by atoms with Crippen LogP contribution in [0.5, 0.6) is 0 Å². The number of hydrogen-bond acceptors (Lipinski definition) is 1. The molecule has 0 aliphatic rings. The number of hydrogen-bond donors (Lipinski definition) is 1. The molecule has 0 aromatic heterocycles. The lowest BCUT2D eigenvalue weighted by Gasteiger charge is -2.18. The lowest BCUT2D eigenvalue weighted by molar-refractivity contribution is 0.554. The first-order chi connectivity index (χ1) is 5.00. The molecule has 1 aromatic carbocycles. The average Bonchev–Trinajstić information content (AvgIpc) is 1.86. The first kappa shape index (κ1) is 12.6. The van der Waals surface area contributed by atoms with Gasteiger partial charge >= 0.3 is 0 Å². The van der Waals surface area contributed by atoms with E-state index in [1.165, 1.54) is 9.13 Å². The molecule has 2 N–H and O–H groups in total. The molecule has 0 bridgehead atoms. The Bertz CT molecular complexity index is 236. The van der Waals surface area contributed by atoms with E-state index in [1.807, 2.05) is 13.8 Å². The van der Waals surface area contributed by atoms with Gasteiger partial charge in [-0.05, 0) is 54.1 Å². The summed E-state index contributed by atoms with van der Waals surface area (Å²) in [6, 6.07) is 8.29. The highest BCUT2D eigenvalue weighted by Crippen LogP contribution is 2.17. The molecule has 12 heavy (non-hydrogen) atoms. The van der Waals surface area contributed by atoms with E-state index in [2.05, 4.69) is 46.9 Å². The Balaban J connectivity index is 0.00000121. The number of nitrogens with two attached hydrogens (primary N) is 1. The van der Waals surface area contributed by atoms with Gasteiger partial charge in [-0.25, -0.2) is 0 Å². The van der Waals surface area contributed by atoms with Gasteiger partial charge in [-0.1, -0.05) is 12.1 Å². The van der Waals surface area contributed by atoms with Gasteiger partial charge in [-0.2, -0.15) is 0 Å². The molecule has 1 nitrogen and oxygen atoms in total. The van der Waals surface area contributed by atoms with Crippen molar-refractivity contribution in [2.24, 2.45) is 5.73 Å². The van der Waals surface area contributed by atoms with Crippen LogP contribution in [0.4, 0.5) is 0 Å². The highest BCUT2D eigenvalue weighted by molar-refractivity contribution is 14.1. The molecule has 0 heterocycles. The third kappa shape index (κ3) is 3.57. The van der Waals surface area contributed by atoms with Crippen LogP contribution >= 0.6 is 46.6 Å². The molecule has 0 aliphatic carbocycles. The average molecular weight is 389 g/mol. The van der Waals surface area contributed by atoms with Crippen molar-refractivity contribution in [3.05, 3.63) is 33.4 Å². The molecule has 68 valence electrons. The predicted molar refractivity (Wildman–Crippen MR) is 71.8 cm³/mol. The van der Waals surface area contributed by atoms with E-state index >= 15 is 0 Å². The maximum Gasteiger partial charge on any atom is 0.0352 e. The Hall–Kier alpha value is 0.640. The van der Waals surface area contributed by atoms with Gasteiger partial charge in [-0.15, -0.1) is 24.0 Å². The fourth-order valence-corrected chi connectivity index (χ4v) is 1.24. The van der Waals surface area contributed by atoms with E-state index in [0.29, 0.717) is 0 Å². The van der Waals surface area contributed by atoms with Crippen molar-refractivity contribution >= 4 is 46.6 Å². The summed E-state index contributed by atoms with van der Waals surface area (Å²) >= 11 is 2.28. The van der Waals surface area contributed by atoms with Gasteiger partial charge in [0.2, 0.25) is 0 Å². The highest BCUT2D eigenvalue weighted by Gasteiger charge is 2.12. The number of benzene rings is 1. The lowest BCUT2D eigenvalue weighted by atomic mass is 9.96. The van der Waals surface area contributed by atoms with Crippen LogP contribution in [0, 0.1) is 3.57 Å². The Morgan fingerprint density at radius 2 is 1.58 bits per heavy atom. The molecule has 0 fully saturated rings. The van der Waals surface area contributed by atoms with E-state index in [-0.39, 0.29) is 29.5 Å². The van der Waals surface area contributed by atoms with Crippen molar-refractivity contribution in [3.8, 4) is 0 Å². The molecule has 0 saturated heterocycles. The van der Waals surface area contributed by atoms with Gasteiger partial charge in [-0.3, -0.25) is 0 Å². The summed E-state index contributed by atoms with van der Waals surface area (Å²) in [5.74, 6) is 0. The molecule has 0 aliphatic heterocycles. The van der Waals surface area contributed by atoms with Gasteiger partial charge in [0.1, 0.15) is 0 Å². The highest BCUT2D eigenvalue weighted by atomic mass is 127. The summed E-state index contributed by atoms with van der Waals surface area (Å²) in [5.41, 5.74) is 6.87. The minimum Gasteiger partial charge on any atom is -0.322 e. The zero-order valence-corrected chi connectivity index (χ0v) is 11.7. The second kappa shape index (κ2) is 4.76. The molecule has 0 atom stereocenters. The van der Waals surface area contributed by atoms with Crippen molar-refractivity contribution in [1.29, 1.82) is 0 Å². The van der Waals surface area contributed by atoms with E-state index < -0.39 is 0 Å². The summed E-state index contributed by atoms with van der Waals surface area (Å²) < 4.78 is 1.25. The monoisotopic (exact) mass is 389 g/mol. The van der Waals surface area contributed by atoms with Gasteiger partial charge in [0, 0.05) is 9.11 Å². The zero-order valence-electron chi connectivity index (χ0n) is 7.17. The quantitative estimate of drug-likeness (QED) is 0.735. The maximum absolute atomic E-state index is 5.90. The number of halogens is 2. The van der Waals surface area contributed by atoms with E-state index in [9.17, 15) is 0 Å². The molecule has 1 rings (SSSR count). The van der Waals surface area contributed by atoms with Crippen LogP contribution < -0.4 is 5.73 Å². The molecule has 1 aromatic rings. The Morgan fingerprint density at radius 1 is 1.17 bits per heavy atom. The van der Waals surface area contributed by atoms with Crippen molar-refractivity contribution in [2.45, 2.75) is 19.4 Å². The van der Waals surface area contributed by atoms with Crippen molar-refractivity contribution in [2.75, 3.05) is 0 Å². The van der Waals surface area contributed by atoms with Crippen molar-refractivity contribution in [1.82, 2.24) is 0 Å². The van der Waals surface area contributed by atoms with Crippen LogP contribution in [0.3, 0.4) is 0 Å². The first-order valence-corrected chi connectivity index (χ1v) is 4.63. The maximum atomic E-state index is 5.90. The van der Waals surface area contributed by atoms with Gasteiger partial charge in [0.15, 0.2) is 0 Å². The summed E-state index contributed by atoms with van der Waals surface area (Å²) in [5, 5.41) is 0. The van der Waals surface area contributed by atoms with E-state index in [4.69, 9.17) is 5.73 Å². The third-order valence-corrected chi connectivity index (χ3v) is 2.31. The molecule has 0 amide bonds. The largest absolute Gasteiger partial charge is 0.322 e. The Labute approximate surface area is 104 Å². The third-order valence-electron chi connectivity index (χ3n) is 1.59. The van der Waals surface area contributed by atoms with Crippen LogP contribution in [-0.4, -0.2) is 0 Å². The summed E-state index contributed by atoms with van der Waals surface area (Å²) in [4.78, 5) is 0. The molecule has 0 unspecified atom stereocenters. The standard InChI is InChI=1S/C9H12IN.HI/c1-9(2,11)7-3-5-8(10)6-4-7;/h3-6H,11H2,1-2H3;1H. The topological polar surface area (TPSA) is 26.0 Å². The van der Waals surface area contributed by atoms with Gasteiger partial charge in [0.05, 0.1) is 0 Å². The zero-order chi connectivity index (χ0) is 8.48. The molecule has 0 radical (unpaired) electrons. The van der Waals surface area contributed by atoms with Crippen LogP contribution in [0.2, 0.25) is 0 Å². The summed E-state index contributed by atoms with van der Waals surface area (Å²) in [7, 11) is 0. The smallest absolute Gasteiger partial charge is 0.0352 e. The van der Waals surface area contributed by atoms with Crippen LogP contribution in [0.15, 0.2) is 24.3 Å². The minimum atomic E-state index is -0.218.